The van der Waals surface area contributed by atoms with Gasteiger partial charge in [-0.25, -0.2) is 4.98 Å². The van der Waals surface area contributed by atoms with E-state index in [4.69, 9.17) is 4.98 Å². The van der Waals surface area contributed by atoms with E-state index in [1.807, 2.05) is 12.1 Å². The Balaban J connectivity index is 2.04. The van der Waals surface area contributed by atoms with Gasteiger partial charge in [0.25, 0.3) is 0 Å². The maximum absolute atomic E-state index is 4.86. The zero-order valence-electron chi connectivity index (χ0n) is 13.0. The van der Waals surface area contributed by atoms with Crippen molar-refractivity contribution in [2.45, 2.75) is 6.92 Å². The second kappa shape index (κ2) is 5.69. The molecule has 0 N–H and O–H groups in total. The van der Waals surface area contributed by atoms with E-state index < -0.39 is 0 Å². The number of nitrogens with zero attached hydrogens (tertiary/aromatic N) is 1. The van der Waals surface area contributed by atoms with Crippen LogP contribution in [0.25, 0.3) is 33.3 Å². The fourth-order valence-electron chi connectivity index (χ4n) is 3.03. The maximum Gasteiger partial charge on any atom is 0.0715 e. The van der Waals surface area contributed by atoms with Crippen LogP contribution < -0.4 is 0 Å². The van der Waals surface area contributed by atoms with Gasteiger partial charge in [0.15, 0.2) is 0 Å². The molecule has 1 heterocycles. The number of benzene rings is 3. The zero-order chi connectivity index (χ0) is 15.6. The van der Waals surface area contributed by atoms with Crippen molar-refractivity contribution in [2.75, 3.05) is 0 Å². The lowest BCUT2D eigenvalue weighted by Crippen LogP contribution is -1.91. The monoisotopic (exact) mass is 295 g/mol. The summed E-state index contributed by atoms with van der Waals surface area (Å²) in [5.41, 5.74) is 6.99. The van der Waals surface area contributed by atoms with E-state index >= 15 is 0 Å². The first-order valence-electron chi connectivity index (χ1n) is 7.84. The third-order valence-electron chi connectivity index (χ3n) is 4.22. The Morgan fingerprint density at radius 3 is 2.17 bits per heavy atom. The van der Waals surface area contributed by atoms with Gasteiger partial charge in [-0.15, -0.1) is 0 Å². The molecule has 0 saturated carbocycles. The van der Waals surface area contributed by atoms with Crippen molar-refractivity contribution < 1.29 is 0 Å². The van der Waals surface area contributed by atoms with Crippen molar-refractivity contribution >= 4 is 10.9 Å². The van der Waals surface area contributed by atoms with Gasteiger partial charge in [0.05, 0.1) is 11.2 Å². The summed E-state index contributed by atoms with van der Waals surface area (Å²) in [7, 11) is 0. The molecule has 0 atom stereocenters. The van der Waals surface area contributed by atoms with Gasteiger partial charge in [0, 0.05) is 10.9 Å². The fourth-order valence-corrected chi connectivity index (χ4v) is 3.03. The maximum atomic E-state index is 4.86. The van der Waals surface area contributed by atoms with E-state index in [2.05, 4.69) is 79.7 Å². The number of rotatable bonds is 2. The predicted octanol–water partition coefficient (Wildman–Crippen LogP) is 5.88. The molecule has 0 saturated heterocycles. The number of aromatic nitrogens is 1. The summed E-state index contributed by atoms with van der Waals surface area (Å²) in [5.74, 6) is 0. The Hall–Kier alpha value is -2.93. The molecule has 4 rings (SSSR count). The van der Waals surface area contributed by atoms with E-state index in [9.17, 15) is 0 Å². The Morgan fingerprint density at radius 2 is 1.35 bits per heavy atom. The summed E-state index contributed by atoms with van der Waals surface area (Å²) in [6, 6.07) is 29.5. The van der Waals surface area contributed by atoms with E-state index in [1.54, 1.807) is 0 Å². The average Bonchev–Trinajstić information content (AvgIpc) is 2.62. The first-order chi connectivity index (χ1) is 11.3. The van der Waals surface area contributed by atoms with Gasteiger partial charge in [0.2, 0.25) is 0 Å². The average molecular weight is 295 g/mol. The van der Waals surface area contributed by atoms with Gasteiger partial charge in [-0.1, -0.05) is 72.8 Å². The van der Waals surface area contributed by atoms with Crippen LogP contribution in [0.15, 0.2) is 84.9 Å². The third-order valence-corrected chi connectivity index (χ3v) is 4.22. The zero-order valence-corrected chi connectivity index (χ0v) is 13.0. The fraction of sp³-hybridized carbons (Fsp3) is 0.0455. The van der Waals surface area contributed by atoms with Crippen molar-refractivity contribution in [3.63, 3.8) is 0 Å². The Kier molecular flexibility index (Phi) is 3.39. The number of aryl methyl sites for hydroxylation is 1. The molecule has 110 valence electrons. The van der Waals surface area contributed by atoms with Gasteiger partial charge in [-0.05, 0) is 35.7 Å². The smallest absolute Gasteiger partial charge is 0.0715 e. The van der Waals surface area contributed by atoms with Crippen molar-refractivity contribution in [2.24, 2.45) is 0 Å². The highest BCUT2D eigenvalue weighted by Gasteiger charge is 2.10. The lowest BCUT2D eigenvalue weighted by Gasteiger charge is -2.12. The second-order valence-corrected chi connectivity index (χ2v) is 5.75. The van der Waals surface area contributed by atoms with E-state index in [-0.39, 0.29) is 0 Å². The number of pyridine rings is 1. The number of para-hydroxylation sites is 1. The lowest BCUT2D eigenvalue weighted by molar-refractivity contribution is 1.39. The highest BCUT2D eigenvalue weighted by atomic mass is 14.7. The van der Waals surface area contributed by atoms with Crippen molar-refractivity contribution in [1.82, 2.24) is 4.98 Å². The molecule has 1 aromatic heterocycles. The summed E-state index contributed by atoms with van der Waals surface area (Å²) >= 11 is 0. The molecule has 23 heavy (non-hydrogen) atoms. The minimum absolute atomic E-state index is 1.02. The molecule has 1 heteroatoms. The highest BCUT2D eigenvalue weighted by molar-refractivity contribution is 5.97. The molecule has 0 aliphatic carbocycles. The molecule has 1 nitrogen and oxygen atoms in total. The molecule has 0 fully saturated rings. The molecule has 0 radical (unpaired) electrons. The molecule has 0 amide bonds. The van der Waals surface area contributed by atoms with Gasteiger partial charge < -0.3 is 0 Å². The molecule has 0 aliphatic rings. The molecule has 0 bridgehead atoms. The quantitative estimate of drug-likeness (QED) is 0.450. The van der Waals surface area contributed by atoms with Crippen LogP contribution in [0.3, 0.4) is 0 Å². The second-order valence-electron chi connectivity index (χ2n) is 5.75. The van der Waals surface area contributed by atoms with Crippen LogP contribution in [0.5, 0.6) is 0 Å². The van der Waals surface area contributed by atoms with Crippen molar-refractivity contribution in [3.8, 4) is 22.4 Å². The summed E-state index contributed by atoms with van der Waals surface area (Å²) in [6.45, 7) is 2.16. The molecular weight excluding hydrogens is 278 g/mol. The number of hydrogen-bond donors (Lipinski definition) is 0. The van der Waals surface area contributed by atoms with Gasteiger partial charge in [0.1, 0.15) is 0 Å². The van der Waals surface area contributed by atoms with Crippen LogP contribution in [0, 0.1) is 6.92 Å². The topological polar surface area (TPSA) is 12.9 Å². The van der Waals surface area contributed by atoms with Crippen LogP contribution in [0.2, 0.25) is 0 Å². The SMILES string of the molecule is Cc1ccccc1-c1cc(-c2ccccc2)nc2ccccc12. The van der Waals surface area contributed by atoms with Crippen LogP contribution in [0.4, 0.5) is 0 Å². The van der Waals surface area contributed by atoms with E-state index in [1.165, 1.54) is 22.1 Å². The molecule has 0 spiro atoms. The largest absolute Gasteiger partial charge is 0.248 e. The predicted molar refractivity (Wildman–Crippen MR) is 97.4 cm³/mol. The molecule has 4 aromatic rings. The van der Waals surface area contributed by atoms with Gasteiger partial charge in [-0.3, -0.25) is 0 Å². The Morgan fingerprint density at radius 1 is 0.652 bits per heavy atom. The summed E-state index contributed by atoms with van der Waals surface area (Å²) in [5, 5.41) is 1.20. The first kappa shape index (κ1) is 13.7. The third kappa shape index (κ3) is 2.51. The van der Waals surface area contributed by atoms with Crippen LogP contribution in [0.1, 0.15) is 5.56 Å². The van der Waals surface area contributed by atoms with Gasteiger partial charge in [-0.2, -0.15) is 0 Å². The lowest BCUT2D eigenvalue weighted by atomic mass is 9.95. The summed E-state index contributed by atoms with van der Waals surface area (Å²) < 4.78 is 0. The summed E-state index contributed by atoms with van der Waals surface area (Å²) in [6.07, 6.45) is 0. The molecular formula is C22H17N. The Bertz CT molecular complexity index is 971. The number of hydrogen-bond acceptors (Lipinski definition) is 1. The van der Waals surface area contributed by atoms with Crippen LogP contribution in [-0.2, 0) is 0 Å². The van der Waals surface area contributed by atoms with Crippen LogP contribution >= 0.6 is 0 Å². The van der Waals surface area contributed by atoms with E-state index in [0.29, 0.717) is 0 Å². The summed E-state index contributed by atoms with van der Waals surface area (Å²) in [4.78, 5) is 4.86. The highest BCUT2D eigenvalue weighted by Crippen LogP contribution is 2.33. The van der Waals surface area contributed by atoms with Crippen molar-refractivity contribution in [1.29, 1.82) is 0 Å². The number of fused-ring (bicyclic) bond motifs is 1. The van der Waals surface area contributed by atoms with Gasteiger partial charge >= 0.3 is 0 Å². The standard InChI is InChI=1S/C22H17N/c1-16-9-5-6-12-18(16)20-15-22(17-10-3-2-4-11-17)23-21-14-8-7-13-19(20)21/h2-15H,1H3. The van der Waals surface area contributed by atoms with E-state index in [0.717, 1.165) is 16.8 Å². The molecule has 0 unspecified atom stereocenters. The first-order valence-corrected chi connectivity index (χ1v) is 7.84. The van der Waals surface area contributed by atoms with Crippen molar-refractivity contribution in [3.05, 3.63) is 90.5 Å². The minimum atomic E-state index is 1.02. The minimum Gasteiger partial charge on any atom is -0.248 e. The van der Waals surface area contributed by atoms with Crippen LogP contribution in [-0.4, -0.2) is 4.98 Å². The normalized spacial score (nSPS) is 10.8. The molecule has 3 aromatic carbocycles. The Labute approximate surface area is 136 Å². The molecule has 0 aliphatic heterocycles.